The zero-order chi connectivity index (χ0) is 27.5. The molecule has 2 aromatic carbocycles. The highest BCUT2D eigenvalue weighted by Crippen LogP contribution is 2.54. The van der Waals surface area contributed by atoms with Crippen molar-refractivity contribution < 1.29 is 0 Å². The SMILES string of the molecule is CC(C)N1C2=CC(C3=C4CC5C=CC(C6=CC=C(c7ccccc7)CC6)=CC5C4CC=C3)=CCC2c2ccccc21. The van der Waals surface area contributed by atoms with Gasteiger partial charge in [0.2, 0.25) is 0 Å². The van der Waals surface area contributed by atoms with Crippen molar-refractivity contribution in [3.8, 4) is 0 Å². The molecule has 6 aliphatic rings. The van der Waals surface area contributed by atoms with E-state index >= 15 is 0 Å². The van der Waals surface area contributed by atoms with Crippen LogP contribution in [0.25, 0.3) is 5.57 Å². The largest absolute Gasteiger partial charge is 0.342 e. The predicted molar refractivity (Wildman–Crippen MR) is 172 cm³/mol. The Hall–Kier alpha value is -3.84. The smallest absolute Gasteiger partial charge is 0.0450 e. The van der Waals surface area contributed by atoms with E-state index in [-0.39, 0.29) is 0 Å². The maximum Gasteiger partial charge on any atom is 0.0450 e. The third-order valence-electron chi connectivity index (χ3n) is 10.4. The molecule has 2 aromatic rings. The molecule has 0 spiro atoms. The van der Waals surface area contributed by atoms with Gasteiger partial charge in [-0.1, -0.05) is 103 Å². The van der Waals surface area contributed by atoms with Crippen LogP contribution >= 0.6 is 0 Å². The highest BCUT2D eigenvalue weighted by atomic mass is 15.2. The Morgan fingerprint density at radius 1 is 0.829 bits per heavy atom. The molecule has 1 heteroatoms. The van der Waals surface area contributed by atoms with Gasteiger partial charge in [0.05, 0.1) is 0 Å². The van der Waals surface area contributed by atoms with Crippen LogP contribution in [0.5, 0.6) is 0 Å². The first-order valence-electron chi connectivity index (χ1n) is 15.7. The van der Waals surface area contributed by atoms with E-state index in [4.69, 9.17) is 0 Å². The second-order valence-corrected chi connectivity index (χ2v) is 12.9. The summed E-state index contributed by atoms with van der Waals surface area (Å²) in [6.07, 6.45) is 28.0. The van der Waals surface area contributed by atoms with Crippen molar-refractivity contribution in [3.05, 3.63) is 154 Å². The number of benzene rings is 2. The van der Waals surface area contributed by atoms with Gasteiger partial charge in [0.25, 0.3) is 0 Å². The van der Waals surface area contributed by atoms with Crippen LogP contribution in [-0.2, 0) is 0 Å². The van der Waals surface area contributed by atoms with Gasteiger partial charge in [0.1, 0.15) is 0 Å². The van der Waals surface area contributed by atoms with Crippen molar-refractivity contribution >= 4 is 11.3 Å². The molecule has 4 unspecified atom stereocenters. The Bertz CT molecular complexity index is 1650. The Morgan fingerprint density at radius 2 is 1.63 bits per heavy atom. The minimum atomic E-state index is 0.454. The topological polar surface area (TPSA) is 3.24 Å². The number of anilines is 1. The number of hydrogen-bond acceptors (Lipinski definition) is 1. The summed E-state index contributed by atoms with van der Waals surface area (Å²) in [5, 5.41) is 0. The number of rotatable bonds is 4. The average Bonchev–Trinajstić information content (AvgIpc) is 3.56. The molecule has 0 saturated heterocycles. The lowest BCUT2D eigenvalue weighted by Crippen LogP contribution is -2.28. The van der Waals surface area contributed by atoms with Crippen molar-refractivity contribution in [2.24, 2.45) is 17.8 Å². The van der Waals surface area contributed by atoms with Gasteiger partial charge in [-0.2, -0.15) is 0 Å². The fourth-order valence-corrected chi connectivity index (χ4v) is 8.43. The Balaban J connectivity index is 1.09. The van der Waals surface area contributed by atoms with E-state index in [1.165, 1.54) is 63.2 Å². The molecular weight excluding hydrogens is 494 g/mol. The third kappa shape index (κ3) is 4.12. The van der Waals surface area contributed by atoms with Crippen molar-refractivity contribution in [2.75, 3.05) is 4.90 Å². The maximum absolute atomic E-state index is 2.64. The molecule has 0 N–H and O–H groups in total. The first kappa shape index (κ1) is 24.9. The van der Waals surface area contributed by atoms with E-state index in [1.54, 1.807) is 5.57 Å². The van der Waals surface area contributed by atoms with Crippen LogP contribution in [0, 0.1) is 17.8 Å². The molecule has 0 aromatic heterocycles. The van der Waals surface area contributed by atoms with Gasteiger partial charge in [-0.25, -0.2) is 0 Å². The number of allylic oxidation sites excluding steroid dienone is 16. The molecule has 8 rings (SSSR count). The zero-order valence-corrected chi connectivity index (χ0v) is 24.3. The fourth-order valence-electron chi connectivity index (χ4n) is 8.43. The van der Waals surface area contributed by atoms with Gasteiger partial charge in [0.15, 0.2) is 0 Å². The van der Waals surface area contributed by atoms with Crippen molar-refractivity contribution in [1.82, 2.24) is 0 Å². The summed E-state index contributed by atoms with van der Waals surface area (Å²) in [5.41, 5.74) is 14.8. The van der Waals surface area contributed by atoms with Crippen molar-refractivity contribution in [2.45, 2.75) is 57.9 Å². The minimum absolute atomic E-state index is 0.454. The number of hydrogen-bond donors (Lipinski definition) is 0. The van der Waals surface area contributed by atoms with E-state index in [2.05, 4.69) is 128 Å². The second kappa shape index (κ2) is 9.91. The average molecular weight is 534 g/mol. The van der Waals surface area contributed by atoms with Gasteiger partial charge >= 0.3 is 0 Å². The van der Waals surface area contributed by atoms with Crippen LogP contribution in [-0.4, -0.2) is 6.04 Å². The fraction of sp³-hybridized carbons (Fsp3) is 0.300. The molecule has 1 heterocycles. The summed E-state index contributed by atoms with van der Waals surface area (Å²) in [7, 11) is 0. The summed E-state index contributed by atoms with van der Waals surface area (Å²) >= 11 is 0. The Labute approximate surface area is 245 Å². The highest BCUT2D eigenvalue weighted by molar-refractivity contribution is 5.72. The standard InChI is InChI=1S/C40H39N/c1-26(2)41-39-14-7-6-11-35(39)36-22-21-32(25-40(36)41)33-12-8-13-34-37-23-30(19-20-31(37)24-38(33)34)29-17-15-28(16-18-29)27-9-4-3-5-10-27/h3-12,14-15,17,19-21,23,25-26,31,34,36-37H,13,16,18,22,24H2,1-2H3. The van der Waals surface area contributed by atoms with Crippen LogP contribution in [0.4, 0.5) is 5.69 Å². The lowest BCUT2D eigenvalue weighted by Gasteiger charge is -2.31. The summed E-state index contributed by atoms with van der Waals surface area (Å²) in [5.74, 6) is 2.35. The van der Waals surface area contributed by atoms with Crippen LogP contribution in [0.15, 0.2) is 143 Å². The van der Waals surface area contributed by atoms with Crippen LogP contribution in [0.2, 0.25) is 0 Å². The van der Waals surface area contributed by atoms with Crippen LogP contribution < -0.4 is 4.90 Å². The quantitative estimate of drug-likeness (QED) is 0.378. The second-order valence-electron chi connectivity index (χ2n) is 12.9. The summed E-state index contributed by atoms with van der Waals surface area (Å²) < 4.78 is 0. The van der Waals surface area contributed by atoms with Crippen molar-refractivity contribution in [1.29, 1.82) is 0 Å². The van der Waals surface area contributed by atoms with Crippen molar-refractivity contribution in [3.63, 3.8) is 0 Å². The molecule has 4 atom stereocenters. The minimum Gasteiger partial charge on any atom is -0.342 e. The van der Waals surface area contributed by atoms with E-state index in [0.29, 0.717) is 29.7 Å². The molecule has 1 fully saturated rings. The predicted octanol–water partition coefficient (Wildman–Crippen LogP) is 10.0. The Morgan fingerprint density at radius 3 is 2.46 bits per heavy atom. The monoisotopic (exact) mass is 533 g/mol. The lowest BCUT2D eigenvalue weighted by atomic mass is 9.77. The van der Waals surface area contributed by atoms with Crippen LogP contribution in [0.3, 0.4) is 0 Å². The molecule has 0 radical (unpaired) electrons. The molecular formula is C40H39N. The van der Waals surface area contributed by atoms with Gasteiger partial charge in [-0.05, 0) is 115 Å². The van der Waals surface area contributed by atoms with E-state index in [9.17, 15) is 0 Å². The van der Waals surface area contributed by atoms with E-state index in [1.807, 2.05) is 0 Å². The summed E-state index contributed by atoms with van der Waals surface area (Å²) in [4.78, 5) is 2.59. The van der Waals surface area contributed by atoms with Gasteiger partial charge in [0, 0.05) is 23.3 Å². The maximum atomic E-state index is 2.64. The molecule has 41 heavy (non-hydrogen) atoms. The molecule has 1 saturated carbocycles. The normalized spacial score (nSPS) is 27.9. The summed E-state index contributed by atoms with van der Waals surface area (Å²) in [6, 6.07) is 20.4. The number of nitrogens with zero attached hydrogens (tertiary/aromatic N) is 1. The number of fused-ring (bicyclic) bond motifs is 6. The van der Waals surface area contributed by atoms with Gasteiger partial charge in [-0.15, -0.1) is 0 Å². The first-order chi connectivity index (χ1) is 20.2. The first-order valence-corrected chi connectivity index (χ1v) is 15.7. The molecule has 0 bridgehead atoms. The third-order valence-corrected chi connectivity index (χ3v) is 10.4. The Kier molecular flexibility index (Phi) is 6.02. The van der Waals surface area contributed by atoms with E-state index in [0.717, 1.165) is 19.3 Å². The highest BCUT2D eigenvalue weighted by Gasteiger charge is 2.42. The lowest BCUT2D eigenvalue weighted by molar-refractivity contribution is 0.440. The van der Waals surface area contributed by atoms with Crippen LogP contribution in [0.1, 0.15) is 63.0 Å². The van der Waals surface area contributed by atoms with E-state index < -0.39 is 0 Å². The summed E-state index contributed by atoms with van der Waals surface area (Å²) in [6.45, 7) is 4.66. The molecule has 0 amide bonds. The van der Waals surface area contributed by atoms with Gasteiger partial charge < -0.3 is 4.90 Å². The molecule has 1 aliphatic heterocycles. The number of para-hydroxylation sites is 1. The van der Waals surface area contributed by atoms with Gasteiger partial charge in [-0.3, -0.25) is 0 Å². The molecule has 1 nitrogen and oxygen atoms in total. The molecule has 204 valence electrons. The zero-order valence-electron chi connectivity index (χ0n) is 24.3. The molecule has 5 aliphatic carbocycles.